The van der Waals surface area contributed by atoms with E-state index in [9.17, 15) is 13.2 Å². The van der Waals surface area contributed by atoms with Crippen molar-refractivity contribution in [1.82, 2.24) is 0 Å². The van der Waals surface area contributed by atoms with Crippen LogP contribution in [0.2, 0.25) is 0 Å². The maximum absolute atomic E-state index is 10.7. The Kier molecular flexibility index (Phi) is 7.92. The lowest BCUT2D eigenvalue weighted by atomic mass is 10.2. The van der Waals surface area contributed by atoms with E-state index in [-0.39, 0.29) is 0 Å². The van der Waals surface area contributed by atoms with E-state index < -0.39 is 15.6 Å². The molecular formula is C11H22F3NO3S. The Hall–Kier alpha value is -0.340. The van der Waals surface area contributed by atoms with Gasteiger partial charge in [-0.15, -0.1) is 0 Å². The Bertz CT molecular complexity index is 344. The predicted octanol–water partition coefficient (Wildman–Crippen LogP) is 1.15. The molecule has 1 aliphatic heterocycles. The molecule has 1 rings (SSSR count). The summed E-state index contributed by atoms with van der Waals surface area (Å²) in [5.41, 5.74) is -5.65. The first-order chi connectivity index (χ1) is 8.58. The summed E-state index contributed by atoms with van der Waals surface area (Å²) in [5.74, 6) is 0.992. The van der Waals surface area contributed by atoms with Crippen LogP contribution in [-0.2, 0) is 10.1 Å². The molecule has 0 aromatic rings. The maximum atomic E-state index is 10.7. The number of unbranched alkanes of at least 4 members (excludes halogenated alkanes) is 2. The van der Waals surface area contributed by atoms with Gasteiger partial charge in [0, 0.05) is 12.3 Å². The number of rotatable bonds is 4. The topological polar surface area (TPSA) is 61.6 Å². The van der Waals surface area contributed by atoms with Crippen molar-refractivity contribution in [2.24, 2.45) is 5.92 Å². The van der Waals surface area contributed by atoms with E-state index in [1.807, 2.05) is 4.90 Å². The Morgan fingerprint density at radius 1 is 1.32 bits per heavy atom. The summed E-state index contributed by atoms with van der Waals surface area (Å²) in [6, 6.07) is 0. The van der Waals surface area contributed by atoms with Gasteiger partial charge in [0.05, 0.1) is 19.6 Å². The molecule has 0 aliphatic carbocycles. The third-order valence-corrected chi connectivity index (χ3v) is 3.61. The molecule has 1 saturated heterocycles. The second-order valence-electron chi connectivity index (χ2n) is 4.95. The van der Waals surface area contributed by atoms with Crippen LogP contribution >= 0.6 is 0 Å². The van der Waals surface area contributed by atoms with Crippen LogP contribution in [0.5, 0.6) is 0 Å². The van der Waals surface area contributed by atoms with Gasteiger partial charge in [0.25, 0.3) is 0 Å². The summed E-state index contributed by atoms with van der Waals surface area (Å²) in [5, 5.41) is 0. The van der Waals surface area contributed by atoms with Gasteiger partial charge in [-0.2, -0.15) is 13.2 Å². The minimum absolute atomic E-state index is 0.992. The number of hydrogen-bond donors (Lipinski definition) is 1. The summed E-state index contributed by atoms with van der Waals surface area (Å²) < 4.78 is 58.9. The first kappa shape index (κ1) is 18.7. The number of hydrogen-bond acceptors (Lipinski definition) is 3. The third kappa shape index (κ3) is 8.43. The molecule has 1 fully saturated rings. The minimum atomic E-state index is -6.09. The van der Waals surface area contributed by atoms with Gasteiger partial charge in [-0.1, -0.05) is 20.3 Å². The first-order valence-electron chi connectivity index (χ1n) is 6.43. The molecule has 0 saturated carbocycles. The van der Waals surface area contributed by atoms with Crippen molar-refractivity contribution >= 4 is 10.1 Å². The van der Waals surface area contributed by atoms with E-state index in [1.54, 1.807) is 0 Å². The highest BCUT2D eigenvalue weighted by molar-refractivity contribution is 7.86. The molecule has 0 aromatic heterocycles. The Balaban J connectivity index is 0.000000362. The molecule has 2 atom stereocenters. The van der Waals surface area contributed by atoms with Gasteiger partial charge in [0.1, 0.15) is 0 Å². The Morgan fingerprint density at radius 2 is 1.84 bits per heavy atom. The highest BCUT2D eigenvalue weighted by Crippen LogP contribution is 2.20. The second-order valence-corrected chi connectivity index (χ2v) is 6.33. The lowest BCUT2D eigenvalue weighted by Crippen LogP contribution is -3.10. The van der Waals surface area contributed by atoms with Crippen LogP contribution in [0.4, 0.5) is 13.2 Å². The Morgan fingerprint density at radius 3 is 2.16 bits per heavy atom. The number of likely N-dealkylation sites (tertiary alicyclic amines) is 1. The van der Waals surface area contributed by atoms with Gasteiger partial charge < -0.3 is 9.45 Å². The molecule has 4 nitrogen and oxygen atoms in total. The Labute approximate surface area is 112 Å². The van der Waals surface area contributed by atoms with Crippen molar-refractivity contribution in [2.75, 3.05) is 19.6 Å². The number of halogens is 3. The van der Waals surface area contributed by atoms with E-state index in [1.165, 1.54) is 45.3 Å². The quantitative estimate of drug-likeness (QED) is 0.481. The van der Waals surface area contributed by atoms with Crippen molar-refractivity contribution in [3.63, 3.8) is 0 Å². The minimum Gasteiger partial charge on any atom is -0.741 e. The van der Waals surface area contributed by atoms with E-state index >= 15 is 0 Å². The van der Waals surface area contributed by atoms with Crippen molar-refractivity contribution in [3.05, 3.63) is 0 Å². The molecule has 1 N–H and O–H groups in total. The van der Waals surface area contributed by atoms with Crippen LogP contribution in [0.15, 0.2) is 0 Å². The van der Waals surface area contributed by atoms with Crippen molar-refractivity contribution in [2.45, 2.75) is 45.0 Å². The largest absolute Gasteiger partial charge is 0.741 e. The molecule has 0 aromatic carbocycles. The van der Waals surface area contributed by atoms with Crippen LogP contribution in [0.25, 0.3) is 0 Å². The molecule has 8 heteroatoms. The molecule has 0 radical (unpaired) electrons. The lowest BCUT2D eigenvalue weighted by molar-refractivity contribution is -0.889. The first-order valence-corrected chi connectivity index (χ1v) is 7.84. The normalized spacial score (nSPS) is 23.9. The van der Waals surface area contributed by atoms with Gasteiger partial charge in [-0.05, 0) is 12.8 Å². The smallest absolute Gasteiger partial charge is 0.485 e. The maximum Gasteiger partial charge on any atom is 0.485 e. The summed E-state index contributed by atoms with van der Waals surface area (Å²) in [6.45, 7) is 8.96. The average molecular weight is 305 g/mol. The molecule has 2 unspecified atom stereocenters. The summed E-state index contributed by atoms with van der Waals surface area (Å²) in [4.78, 5) is 1.85. The number of quaternary nitrogens is 1. The van der Waals surface area contributed by atoms with Gasteiger partial charge >= 0.3 is 5.51 Å². The molecular weight excluding hydrogens is 283 g/mol. The molecule has 0 spiro atoms. The number of nitrogens with one attached hydrogen (secondary N) is 1. The van der Waals surface area contributed by atoms with Gasteiger partial charge in [0.2, 0.25) is 0 Å². The summed E-state index contributed by atoms with van der Waals surface area (Å²) >= 11 is 0. The lowest BCUT2D eigenvalue weighted by Gasteiger charge is -2.11. The summed E-state index contributed by atoms with van der Waals surface area (Å²) in [6.07, 6.45) is 5.70. The molecule has 0 amide bonds. The van der Waals surface area contributed by atoms with Gasteiger partial charge in [-0.3, -0.25) is 0 Å². The fraction of sp³-hybridized carbons (Fsp3) is 1.00. The monoisotopic (exact) mass is 305 g/mol. The van der Waals surface area contributed by atoms with Crippen LogP contribution in [0.3, 0.4) is 0 Å². The fourth-order valence-electron chi connectivity index (χ4n) is 2.00. The van der Waals surface area contributed by atoms with Gasteiger partial charge in [0.15, 0.2) is 10.1 Å². The van der Waals surface area contributed by atoms with Crippen LogP contribution in [0.1, 0.15) is 39.5 Å². The van der Waals surface area contributed by atoms with E-state index in [0.29, 0.717) is 0 Å². The average Bonchev–Trinajstić information content (AvgIpc) is 2.63. The van der Waals surface area contributed by atoms with E-state index in [4.69, 9.17) is 13.0 Å². The van der Waals surface area contributed by atoms with Crippen LogP contribution in [0, 0.1) is 5.92 Å². The molecule has 116 valence electrons. The predicted molar refractivity (Wildman–Crippen MR) is 64.6 cm³/mol. The molecule has 1 heterocycles. The van der Waals surface area contributed by atoms with Crippen molar-refractivity contribution in [1.29, 1.82) is 0 Å². The van der Waals surface area contributed by atoms with Crippen molar-refractivity contribution in [3.8, 4) is 0 Å². The fourth-order valence-corrected chi connectivity index (χ4v) is 2.00. The molecule has 19 heavy (non-hydrogen) atoms. The molecule has 0 bridgehead atoms. The zero-order valence-electron chi connectivity index (χ0n) is 11.3. The van der Waals surface area contributed by atoms with Crippen molar-refractivity contribution < 1.29 is 31.0 Å². The highest BCUT2D eigenvalue weighted by atomic mass is 32.2. The van der Waals surface area contributed by atoms with Crippen LogP contribution < -0.4 is 4.90 Å². The van der Waals surface area contributed by atoms with Gasteiger partial charge in [-0.25, -0.2) is 8.42 Å². The van der Waals surface area contributed by atoms with Crippen LogP contribution in [-0.4, -0.2) is 38.1 Å². The molecule has 1 aliphatic rings. The summed E-state index contributed by atoms with van der Waals surface area (Å²) in [7, 11) is -6.09. The standard InChI is InChI=1S/C10H21N.CHF3O3S/c1-3-4-5-7-11-8-6-10(2)9-11;2-1(3,4)8(5,6)7/h10H,3-9H2,1-2H3;(H,5,6,7). The van der Waals surface area contributed by atoms with E-state index in [0.717, 1.165) is 5.92 Å². The highest BCUT2D eigenvalue weighted by Gasteiger charge is 2.36. The zero-order valence-corrected chi connectivity index (χ0v) is 12.1. The number of alkyl halides is 3. The SMILES string of the molecule is CCCCC[NH+]1CCC(C)C1.O=S(=O)([O-])C(F)(F)F. The second kappa shape index (κ2) is 8.06. The van der Waals surface area contributed by atoms with E-state index in [2.05, 4.69) is 13.8 Å². The third-order valence-electron chi connectivity index (χ3n) is 3.05. The zero-order chi connectivity index (χ0) is 15.1.